The Balaban J connectivity index is 1.35. The van der Waals surface area contributed by atoms with Gasteiger partial charge >= 0.3 is 0 Å². The molecule has 0 aliphatic carbocycles. The van der Waals surface area contributed by atoms with Crippen molar-refractivity contribution in [2.24, 2.45) is 0 Å². The lowest BCUT2D eigenvalue weighted by Gasteiger charge is -2.33. The summed E-state index contributed by atoms with van der Waals surface area (Å²) < 4.78 is 5.74. The van der Waals surface area contributed by atoms with Crippen molar-refractivity contribution < 1.29 is 23.9 Å². The molecule has 0 radical (unpaired) electrons. The first-order valence-corrected chi connectivity index (χ1v) is 11.3. The number of hydrogen-bond acceptors (Lipinski definition) is 5. The Morgan fingerprint density at radius 1 is 0.943 bits per heavy atom. The third-order valence-electron chi connectivity index (χ3n) is 5.86. The van der Waals surface area contributed by atoms with Gasteiger partial charge in [-0.2, -0.15) is 0 Å². The predicted octanol–water partition coefficient (Wildman–Crippen LogP) is 3.89. The molecule has 0 fully saturated rings. The van der Waals surface area contributed by atoms with Gasteiger partial charge in [0, 0.05) is 10.7 Å². The molecule has 8 nitrogen and oxygen atoms in total. The number of nitrogens with zero attached hydrogens (tertiary/aromatic N) is 2. The van der Waals surface area contributed by atoms with Crippen molar-refractivity contribution in [2.75, 3.05) is 16.8 Å². The van der Waals surface area contributed by atoms with E-state index in [4.69, 9.17) is 16.3 Å². The fourth-order valence-corrected chi connectivity index (χ4v) is 4.41. The van der Waals surface area contributed by atoms with Crippen molar-refractivity contribution >= 4 is 46.6 Å². The van der Waals surface area contributed by atoms with Crippen LogP contribution in [0, 0.1) is 0 Å². The summed E-state index contributed by atoms with van der Waals surface area (Å²) in [6.45, 7) is 1.52. The monoisotopic (exact) mass is 489 g/mol. The van der Waals surface area contributed by atoms with E-state index in [0.29, 0.717) is 22.1 Å². The lowest BCUT2D eigenvalue weighted by Crippen LogP contribution is -2.44. The van der Waals surface area contributed by atoms with Crippen LogP contribution in [0.25, 0.3) is 0 Å². The highest BCUT2D eigenvalue weighted by Gasteiger charge is 2.36. The molecule has 176 valence electrons. The summed E-state index contributed by atoms with van der Waals surface area (Å²) >= 11 is 6.10. The maximum Gasteiger partial charge on any atom is 0.268 e. The molecule has 2 aliphatic heterocycles. The van der Waals surface area contributed by atoms with E-state index in [0.717, 1.165) is 10.5 Å². The van der Waals surface area contributed by atoms with E-state index in [-0.39, 0.29) is 23.6 Å². The normalized spacial score (nSPS) is 16.6. The smallest absolute Gasteiger partial charge is 0.268 e. The fourth-order valence-electron chi connectivity index (χ4n) is 4.19. The van der Waals surface area contributed by atoms with Crippen LogP contribution < -0.4 is 15.0 Å². The minimum atomic E-state index is -0.670. The van der Waals surface area contributed by atoms with Crippen LogP contribution >= 0.6 is 11.6 Å². The Labute approximate surface area is 206 Å². The van der Waals surface area contributed by atoms with Gasteiger partial charge < -0.3 is 15.0 Å². The predicted molar refractivity (Wildman–Crippen MR) is 130 cm³/mol. The second kappa shape index (κ2) is 8.88. The van der Waals surface area contributed by atoms with Gasteiger partial charge in [0.2, 0.25) is 5.91 Å². The minimum Gasteiger partial charge on any atom is -0.479 e. The van der Waals surface area contributed by atoms with Crippen LogP contribution in [0.5, 0.6) is 5.75 Å². The van der Waals surface area contributed by atoms with Gasteiger partial charge in [0.15, 0.2) is 6.10 Å². The maximum absolute atomic E-state index is 12.9. The van der Waals surface area contributed by atoms with Gasteiger partial charge in [0.1, 0.15) is 12.3 Å². The van der Waals surface area contributed by atoms with Gasteiger partial charge in [0.05, 0.1) is 23.4 Å². The van der Waals surface area contributed by atoms with E-state index in [1.807, 2.05) is 12.1 Å². The molecule has 9 heteroatoms. The number of hydrogen-bond donors (Lipinski definition) is 1. The number of anilines is 2. The van der Waals surface area contributed by atoms with Crippen LogP contribution in [0.15, 0.2) is 66.7 Å². The van der Waals surface area contributed by atoms with Crippen molar-refractivity contribution in [1.29, 1.82) is 0 Å². The van der Waals surface area contributed by atoms with Gasteiger partial charge in [-0.05, 0) is 55.0 Å². The number of ether oxygens (including phenoxy) is 1. The minimum absolute atomic E-state index is 0.230. The van der Waals surface area contributed by atoms with Crippen LogP contribution in [-0.2, 0) is 16.1 Å². The van der Waals surface area contributed by atoms with Crippen LogP contribution in [0.2, 0.25) is 5.02 Å². The molecule has 1 N–H and O–H groups in total. The molecule has 0 spiro atoms. The van der Waals surface area contributed by atoms with Gasteiger partial charge in [-0.1, -0.05) is 35.9 Å². The molecular formula is C26H20ClN3O5. The number of fused-ring (bicyclic) bond motifs is 2. The highest BCUT2D eigenvalue weighted by Crippen LogP contribution is 2.37. The molecule has 0 saturated heterocycles. The molecule has 3 aromatic carbocycles. The number of rotatable bonds is 5. The average molecular weight is 490 g/mol. The second-order valence-corrected chi connectivity index (χ2v) is 8.72. The lowest BCUT2D eigenvalue weighted by atomic mass is 10.1. The Kier molecular flexibility index (Phi) is 5.74. The fraction of sp³-hybridized carbons (Fsp3) is 0.154. The van der Waals surface area contributed by atoms with E-state index in [1.165, 1.54) is 0 Å². The maximum atomic E-state index is 12.9. The average Bonchev–Trinajstić information content (AvgIpc) is 3.07. The van der Waals surface area contributed by atoms with Gasteiger partial charge in [-0.3, -0.25) is 24.1 Å². The molecule has 4 amide bonds. The quantitative estimate of drug-likeness (QED) is 0.548. The third-order valence-corrected chi connectivity index (χ3v) is 6.10. The Morgan fingerprint density at radius 3 is 2.34 bits per heavy atom. The van der Waals surface area contributed by atoms with Crippen LogP contribution in [0.4, 0.5) is 11.4 Å². The number of halogens is 1. The van der Waals surface area contributed by atoms with E-state index >= 15 is 0 Å². The van der Waals surface area contributed by atoms with Crippen LogP contribution in [0.1, 0.15) is 33.2 Å². The first kappa shape index (κ1) is 22.6. The summed E-state index contributed by atoms with van der Waals surface area (Å²) in [6.07, 6.45) is -0.670. The topological polar surface area (TPSA) is 96.0 Å². The molecule has 0 saturated carbocycles. The highest BCUT2D eigenvalue weighted by atomic mass is 35.5. The number of benzene rings is 3. The standard InChI is InChI=1S/C26H20ClN3O5/c1-15-24(32)29(13-16-5-4-6-17(27)11-16)21-12-18(9-10-22(21)35-15)28-23(31)14-30-25(33)19-7-2-3-8-20(19)26(30)34/h2-12,15H,13-14H2,1H3,(H,28,31). The zero-order valence-corrected chi connectivity index (χ0v) is 19.4. The molecule has 5 rings (SSSR count). The lowest BCUT2D eigenvalue weighted by molar-refractivity contribution is -0.125. The summed E-state index contributed by atoms with van der Waals surface area (Å²) in [5, 5.41) is 3.27. The van der Waals surface area contributed by atoms with Crippen molar-refractivity contribution in [3.8, 4) is 5.75 Å². The van der Waals surface area contributed by atoms with Crippen molar-refractivity contribution in [3.05, 3.63) is 88.4 Å². The van der Waals surface area contributed by atoms with Gasteiger partial charge in [-0.25, -0.2) is 0 Å². The summed E-state index contributed by atoms with van der Waals surface area (Å²) in [6, 6.07) is 18.6. The third kappa shape index (κ3) is 4.24. The zero-order chi connectivity index (χ0) is 24.7. The Morgan fingerprint density at radius 2 is 1.66 bits per heavy atom. The highest BCUT2D eigenvalue weighted by molar-refractivity contribution is 6.30. The number of amides is 4. The first-order valence-electron chi connectivity index (χ1n) is 10.9. The van der Waals surface area contributed by atoms with E-state index in [9.17, 15) is 19.2 Å². The van der Waals surface area contributed by atoms with Gasteiger partial charge in [-0.15, -0.1) is 0 Å². The molecule has 3 aromatic rings. The van der Waals surface area contributed by atoms with Gasteiger partial charge in [0.25, 0.3) is 17.7 Å². The van der Waals surface area contributed by atoms with Crippen molar-refractivity contribution in [1.82, 2.24) is 4.90 Å². The first-order chi connectivity index (χ1) is 16.8. The number of imide groups is 1. The number of carbonyl (C=O) groups excluding carboxylic acids is 4. The zero-order valence-electron chi connectivity index (χ0n) is 18.7. The van der Waals surface area contributed by atoms with E-state index in [2.05, 4.69) is 5.32 Å². The largest absolute Gasteiger partial charge is 0.479 e. The molecular weight excluding hydrogens is 470 g/mol. The second-order valence-electron chi connectivity index (χ2n) is 8.29. The summed E-state index contributed by atoms with van der Waals surface area (Å²) in [5.41, 5.74) is 2.28. The molecule has 0 bridgehead atoms. The molecule has 1 atom stereocenters. The molecule has 2 aliphatic rings. The van der Waals surface area contributed by atoms with Crippen molar-refractivity contribution in [3.63, 3.8) is 0 Å². The Hall–Kier alpha value is -4.17. The van der Waals surface area contributed by atoms with Crippen LogP contribution in [0.3, 0.4) is 0 Å². The summed E-state index contributed by atoms with van der Waals surface area (Å²) in [4.78, 5) is 53.2. The van der Waals surface area contributed by atoms with E-state index < -0.39 is 30.4 Å². The molecule has 0 aromatic heterocycles. The number of nitrogens with one attached hydrogen (secondary N) is 1. The van der Waals surface area contributed by atoms with E-state index in [1.54, 1.807) is 66.4 Å². The van der Waals surface area contributed by atoms with Crippen LogP contribution in [-0.4, -0.2) is 41.2 Å². The summed E-state index contributed by atoms with van der Waals surface area (Å²) in [5.74, 6) is -1.29. The summed E-state index contributed by atoms with van der Waals surface area (Å²) in [7, 11) is 0. The Bertz CT molecular complexity index is 1350. The molecule has 1 unspecified atom stereocenters. The SMILES string of the molecule is CC1Oc2ccc(NC(=O)CN3C(=O)c4ccccc4C3=O)cc2N(Cc2cccc(Cl)c2)C1=O. The molecule has 35 heavy (non-hydrogen) atoms. The number of carbonyl (C=O) groups is 4. The molecule has 2 heterocycles. The van der Waals surface area contributed by atoms with Crippen molar-refractivity contribution in [2.45, 2.75) is 19.6 Å².